The second kappa shape index (κ2) is 13.0. The third kappa shape index (κ3) is 7.94. The largest absolute Gasteiger partial charge is 0.492 e. The van der Waals surface area contributed by atoms with Gasteiger partial charge in [0.1, 0.15) is 12.4 Å². The summed E-state index contributed by atoms with van der Waals surface area (Å²) in [5, 5.41) is 19.7. The Kier molecular flexibility index (Phi) is 10.7. The Hall–Kier alpha value is -1.83. The van der Waals surface area contributed by atoms with Crippen LogP contribution in [0.4, 0.5) is 0 Å². The molecule has 0 aromatic heterocycles. The molecule has 0 saturated carbocycles. The van der Waals surface area contributed by atoms with Crippen molar-refractivity contribution in [2.75, 3.05) is 39.9 Å². The average molecular weight is 483 g/mol. The summed E-state index contributed by atoms with van der Waals surface area (Å²) in [6, 6.07) is 4.88. The molecule has 1 saturated heterocycles. The van der Waals surface area contributed by atoms with Crippen LogP contribution in [0.25, 0.3) is 0 Å². The van der Waals surface area contributed by atoms with Gasteiger partial charge < -0.3 is 19.8 Å². The molecule has 6 nitrogen and oxygen atoms in total. The second-order valence-electron chi connectivity index (χ2n) is 7.82. The first-order chi connectivity index (χ1) is 15.2. The first-order valence-corrected chi connectivity index (χ1v) is 11.4. The van der Waals surface area contributed by atoms with Gasteiger partial charge in [-0.05, 0) is 48.8 Å². The van der Waals surface area contributed by atoms with E-state index in [1.807, 2.05) is 13.0 Å². The van der Waals surface area contributed by atoms with E-state index in [4.69, 9.17) is 33.0 Å². The molecular weight excluding hydrogens is 451 g/mol. The van der Waals surface area contributed by atoms with E-state index in [2.05, 4.69) is 11.5 Å². The lowest BCUT2D eigenvalue weighted by Gasteiger charge is -2.32. The van der Waals surface area contributed by atoms with Crippen LogP contribution in [0.2, 0.25) is 10.0 Å². The van der Waals surface area contributed by atoms with E-state index >= 15 is 0 Å². The first kappa shape index (κ1) is 26.4. The first-order valence-electron chi connectivity index (χ1n) is 10.6. The summed E-state index contributed by atoms with van der Waals surface area (Å²) in [5.74, 6) is 0.533. The number of β-amino-alcohol motifs (C(OH)–C–C–N with tert-alkyl or cyclic N) is 1. The topological polar surface area (TPSA) is 73.2 Å². The summed E-state index contributed by atoms with van der Waals surface area (Å²) in [7, 11) is 1.76. The number of carbonyl (C=O) groups excluding carboxylic acids is 1. The molecule has 0 unspecified atom stereocenters. The van der Waals surface area contributed by atoms with Crippen LogP contribution in [0.15, 0.2) is 54.3 Å². The number of benzene rings is 1. The third-order valence-corrected chi connectivity index (χ3v) is 6.15. The van der Waals surface area contributed by atoms with Crippen molar-refractivity contribution in [1.82, 2.24) is 9.80 Å². The van der Waals surface area contributed by atoms with Gasteiger partial charge in [-0.3, -0.25) is 9.69 Å². The van der Waals surface area contributed by atoms with E-state index in [1.165, 1.54) is 0 Å². The van der Waals surface area contributed by atoms with Gasteiger partial charge >= 0.3 is 0 Å². The number of allylic oxidation sites excluding steroid dienone is 2. The molecule has 2 N–H and O–H groups in total. The number of hydrogen-bond donors (Lipinski definition) is 2. The monoisotopic (exact) mass is 482 g/mol. The maximum atomic E-state index is 13.1. The van der Waals surface area contributed by atoms with Crippen molar-refractivity contribution in [2.24, 2.45) is 0 Å². The Labute approximate surface area is 200 Å². The molecule has 1 aliphatic heterocycles. The lowest BCUT2D eigenvalue weighted by molar-refractivity contribution is -0.130. The fourth-order valence-electron chi connectivity index (χ4n) is 3.53. The highest BCUT2D eigenvalue weighted by atomic mass is 35.5. The zero-order chi connectivity index (χ0) is 23.7. The Balaban J connectivity index is 2.15. The number of nitrogens with zero attached hydrogens (tertiary/aromatic N) is 2. The number of aliphatic hydroxyl groups excluding tert-OH is 2. The number of likely N-dealkylation sites (tertiary alicyclic amines) is 1. The summed E-state index contributed by atoms with van der Waals surface area (Å²) >= 11 is 12.1. The Morgan fingerprint density at radius 3 is 2.72 bits per heavy atom. The van der Waals surface area contributed by atoms with Crippen LogP contribution in [-0.4, -0.2) is 78.0 Å². The summed E-state index contributed by atoms with van der Waals surface area (Å²) in [6.07, 6.45) is 5.95. The zero-order valence-corrected chi connectivity index (χ0v) is 20.1. The molecule has 2 atom stereocenters. The summed E-state index contributed by atoms with van der Waals surface area (Å²) in [4.78, 5) is 16.9. The van der Waals surface area contributed by atoms with Gasteiger partial charge in [-0.15, -0.1) is 0 Å². The molecule has 0 bridgehead atoms. The highest BCUT2D eigenvalue weighted by Gasteiger charge is 2.28. The van der Waals surface area contributed by atoms with Gasteiger partial charge in [0.05, 0.1) is 35.2 Å². The van der Waals surface area contributed by atoms with Crippen molar-refractivity contribution in [3.63, 3.8) is 0 Å². The zero-order valence-electron chi connectivity index (χ0n) is 18.6. The predicted octanol–water partition coefficient (Wildman–Crippen LogP) is 3.45. The SMILES string of the molecule is C=C(/C=C\C(=C/C)OCCO)[C@@H](CN1CC[C@H](O)C1)N(C)C(=O)Cc1ccc(Cl)c(Cl)c1. The maximum absolute atomic E-state index is 13.1. The fourth-order valence-corrected chi connectivity index (χ4v) is 3.85. The average Bonchev–Trinajstić information content (AvgIpc) is 3.18. The molecule has 1 fully saturated rings. The van der Waals surface area contributed by atoms with Gasteiger partial charge in [-0.2, -0.15) is 0 Å². The highest BCUT2D eigenvalue weighted by molar-refractivity contribution is 6.42. The lowest BCUT2D eigenvalue weighted by Crippen LogP contribution is -2.45. The molecule has 32 heavy (non-hydrogen) atoms. The van der Waals surface area contributed by atoms with Crippen molar-refractivity contribution in [1.29, 1.82) is 0 Å². The van der Waals surface area contributed by atoms with Gasteiger partial charge in [-0.1, -0.05) is 41.9 Å². The number of rotatable bonds is 11. The Bertz CT molecular complexity index is 856. The van der Waals surface area contributed by atoms with Crippen molar-refractivity contribution in [3.05, 3.63) is 69.9 Å². The van der Waals surface area contributed by atoms with Gasteiger partial charge in [0, 0.05) is 26.7 Å². The molecule has 1 aliphatic rings. The van der Waals surface area contributed by atoms with Crippen LogP contribution < -0.4 is 0 Å². The van der Waals surface area contributed by atoms with Crippen LogP contribution in [0.5, 0.6) is 0 Å². The third-order valence-electron chi connectivity index (χ3n) is 5.41. The minimum Gasteiger partial charge on any atom is -0.492 e. The van der Waals surface area contributed by atoms with Gasteiger partial charge in [0.2, 0.25) is 5.91 Å². The van der Waals surface area contributed by atoms with Gasteiger partial charge in [0.15, 0.2) is 0 Å². The predicted molar refractivity (Wildman–Crippen MR) is 129 cm³/mol. The molecule has 0 spiro atoms. The number of likely N-dealkylation sites (N-methyl/N-ethyl adjacent to an activating group) is 1. The van der Waals surface area contributed by atoms with Gasteiger partial charge in [0.25, 0.3) is 0 Å². The standard InChI is InChI=1S/C24H32Cl2N2O4/c1-4-20(32-12-11-29)7-5-17(2)23(16-28-10-9-19(30)15-28)27(3)24(31)14-18-6-8-21(25)22(26)13-18/h4-8,13,19,23,29-30H,2,9-12,14-16H2,1,3H3/b7-5-,20-4+/t19-,23+/m0/s1. The highest BCUT2D eigenvalue weighted by Crippen LogP contribution is 2.24. The Morgan fingerprint density at radius 2 is 2.12 bits per heavy atom. The molecule has 8 heteroatoms. The van der Waals surface area contributed by atoms with Crippen LogP contribution >= 0.6 is 23.2 Å². The minimum absolute atomic E-state index is 0.0714. The summed E-state index contributed by atoms with van der Waals surface area (Å²) in [6.45, 7) is 8.07. The number of ether oxygens (including phenoxy) is 1. The smallest absolute Gasteiger partial charge is 0.227 e. The van der Waals surface area contributed by atoms with Gasteiger partial charge in [-0.25, -0.2) is 0 Å². The van der Waals surface area contributed by atoms with Crippen LogP contribution in [0.3, 0.4) is 0 Å². The number of hydrogen-bond acceptors (Lipinski definition) is 5. The fraction of sp³-hybridized carbons (Fsp3) is 0.458. The van der Waals surface area contributed by atoms with E-state index in [0.717, 1.165) is 17.7 Å². The van der Waals surface area contributed by atoms with Crippen molar-refractivity contribution in [3.8, 4) is 0 Å². The number of amides is 1. The molecule has 1 amide bonds. The summed E-state index contributed by atoms with van der Waals surface area (Å²) < 4.78 is 5.46. The van der Waals surface area contributed by atoms with Crippen LogP contribution in [0, 0.1) is 0 Å². The Morgan fingerprint density at radius 1 is 1.38 bits per heavy atom. The number of aliphatic hydroxyl groups is 2. The number of halogens is 2. The van der Waals surface area contributed by atoms with E-state index < -0.39 is 0 Å². The van der Waals surface area contributed by atoms with E-state index in [0.29, 0.717) is 35.3 Å². The van der Waals surface area contributed by atoms with Crippen molar-refractivity contribution in [2.45, 2.75) is 31.9 Å². The lowest BCUT2D eigenvalue weighted by atomic mass is 10.0. The van der Waals surface area contributed by atoms with E-state index in [-0.39, 0.29) is 37.7 Å². The summed E-state index contributed by atoms with van der Waals surface area (Å²) in [5.41, 5.74) is 1.52. The molecule has 176 valence electrons. The number of carbonyl (C=O) groups is 1. The second-order valence-corrected chi connectivity index (χ2v) is 8.63. The van der Waals surface area contributed by atoms with Crippen LogP contribution in [0.1, 0.15) is 18.9 Å². The van der Waals surface area contributed by atoms with Crippen LogP contribution in [-0.2, 0) is 16.0 Å². The van der Waals surface area contributed by atoms with Crippen molar-refractivity contribution >= 4 is 29.1 Å². The molecule has 0 radical (unpaired) electrons. The van der Waals surface area contributed by atoms with E-state index in [9.17, 15) is 9.90 Å². The van der Waals surface area contributed by atoms with Crippen molar-refractivity contribution < 1.29 is 19.7 Å². The maximum Gasteiger partial charge on any atom is 0.227 e. The molecule has 1 heterocycles. The quantitative estimate of drug-likeness (QED) is 0.373. The normalized spacial score (nSPS) is 18.2. The molecule has 0 aliphatic carbocycles. The molecular formula is C24H32Cl2N2O4. The molecule has 1 aromatic carbocycles. The van der Waals surface area contributed by atoms with E-state index in [1.54, 1.807) is 42.3 Å². The minimum atomic E-state index is -0.349. The molecule has 2 rings (SSSR count). The molecule has 1 aromatic rings.